The maximum Gasteiger partial charge on any atom is 0.305 e. The highest BCUT2D eigenvalue weighted by Crippen LogP contribution is 2.20. The van der Waals surface area contributed by atoms with Crippen molar-refractivity contribution in [2.45, 2.75) is 6.42 Å². The van der Waals surface area contributed by atoms with Crippen molar-refractivity contribution in [1.29, 1.82) is 0 Å². The largest absolute Gasteiger partial charge is 0.481 e. The summed E-state index contributed by atoms with van der Waals surface area (Å²) in [6, 6.07) is 4.60. The van der Waals surface area contributed by atoms with Crippen LogP contribution in [0, 0.1) is 0 Å². The molecule has 0 bridgehead atoms. The zero-order chi connectivity index (χ0) is 14.3. The van der Waals surface area contributed by atoms with Crippen molar-refractivity contribution in [2.75, 3.05) is 19.8 Å². The lowest BCUT2D eigenvalue weighted by Crippen LogP contribution is -2.27. The van der Waals surface area contributed by atoms with E-state index in [-0.39, 0.29) is 37.1 Å². The van der Waals surface area contributed by atoms with E-state index in [1.54, 1.807) is 6.07 Å². The molecular weight excluding hydrogens is 293 g/mol. The third-order valence-electron chi connectivity index (χ3n) is 2.17. The standard InChI is InChI=1S/C12H13Cl2NO4/c13-8-1-2-9(10(14)7-8)12(18)15-4-6-19-5-3-11(16)17/h1-2,7H,3-6H2,(H,15,18)(H,16,17). The molecule has 0 heterocycles. The van der Waals surface area contributed by atoms with Crippen LogP contribution in [0.5, 0.6) is 0 Å². The van der Waals surface area contributed by atoms with Crippen LogP contribution < -0.4 is 5.32 Å². The summed E-state index contributed by atoms with van der Waals surface area (Å²) in [5, 5.41) is 11.7. The van der Waals surface area contributed by atoms with Crippen LogP contribution >= 0.6 is 23.2 Å². The average Bonchev–Trinajstić information content (AvgIpc) is 2.32. The van der Waals surface area contributed by atoms with Gasteiger partial charge in [0.1, 0.15) is 0 Å². The SMILES string of the molecule is O=C(O)CCOCCNC(=O)c1ccc(Cl)cc1Cl. The number of halogens is 2. The molecule has 0 atom stereocenters. The quantitative estimate of drug-likeness (QED) is 0.757. The lowest BCUT2D eigenvalue weighted by molar-refractivity contribution is -0.138. The number of hydrogen-bond donors (Lipinski definition) is 2. The summed E-state index contributed by atoms with van der Waals surface area (Å²) in [4.78, 5) is 21.9. The van der Waals surface area contributed by atoms with Crippen molar-refractivity contribution in [2.24, 2.45) is 0 Å². The Balaban J connectivity index is 2.29. The summed E-state index contributed by atoms with van der Waals surface area (Å²) < 4.78 is 5.03. The molecule has 7 heteroatoms. The number of nitrogens with one attached hydrogen (secondary N) is 1. The summed E-state index contributed by atoms with van der Waals surface area (Å²) in [5.41, 5.74) is 0.330. The van der Waals surface area contributed by atoms with E-state index < -0.39 is 5.97 Å². The Labute approximate surface area is 120 Å². The summed E-state index contributed by atoms with van der Waals surface area (Å²) in [6.45, 7) is 0.633. The fourth-order valence-electron chi connectivity index (χ4n) is 1.27. The molecule has 0 saturated carbocycles. The van der Waals surface area contributed by atoms with Crippen molar-refractivity contribution in [3.8, 4) is 0 Å². The predicted molar refractivity (Wildman–Crippen MR) is 71.9 cm³/mol. The molecule has 0 aromatic heterocycles. The Morgan fingerprint density at radius 1 is 1.26 bits per heavy atom. The number of benzene rings is 1. The molecule has 0 radical (unpaired) electrons. The first-order chi connectivity index (χ1) is 9.00. The van der Waals surface area contributed by atoms with Crippen LogP contribution in [-0.4, -0.2) is 36.7 Å². The molecule has 0 aliphatic heterocycles. The Morgan fingerprint density at radius 2 is 2.00 bits per heavy atom. The molecule has 1 amide bonds. The second-order valence-electron chi connectivity index (χ2n) is 3.64. The molecule has 0 saturated heterocycles. The summed E-state index contributed by atoms with van der Waals surface area (Å²) in [5.74, 6) is -1.25. The topological polar surface area (TPSA) is 75.6 Å². The summed E-state index contributed by atoms with van der Waals surface area (Å²) in [6.07, 6.45) is -0.0586. The van der Waals surface area contributed by atoms with E-state index in [0.717, 1.165) is 0 Å². The second kappa shape index (κ2) is 7.99. The highest BCUT2D eigenvalue weighted by atomic mass is 35.5. The van der Waals surface area contributed by atoms with Crippen molar-refractivity contribution in [3.05, 3.63) is 33.8 Å². The molecule has 1 rings (SSSR count). The van der Waals surface area contributed by atoms with Gasteiger partial charge in [-0.05, 0) is 18.2 Å². The Kier molecular flexibility index (Phi) is 6.62. The molecule has 19 heavy (non-hydrogen) atoms. The molecule has 0 unspecified atom stereocenters. The van der Waals surface area contributed by atoms with E-state index in [9.17, 15) is 9.59 Å². The minimum atomic E-state index is -0.919. The van der Waals surface area contributed by atoms with Gasteiger partial charge >= 0.3 is 5.97 Å². The van der Waals surface area contributed by atoms with Crippen molar-refractivity contribution < 1.29 is 19.4 Å². The van der Waals surface area contributed by atoms with Crippen molar-refractivity contribution >= 4 is 35.1 Å². The van der Waals surface area contributed by atoms with Crippen LogP contribution in [0.25, 0.3) is 0 Å². The van der Waals surface area contributed by atoms with Crippen LogP contribution in [0.3, 0.4) is 0 Å². The number of aliphatic carboxylic acids is 1. The fraction of sp³-hybridized carbons (Fsp3) is 0.333. The summed E-state index contributed by atoms with van der Waals surface area (Å²) in [7, 11) is 0. The summed E-state index contributed by atoms with van der Waals surface area (Å²) >= 11 is 11.6. The van der Waals surface area contributed by atoms with Gasteiger partial charge in [0.2, 0.25) is 0 Å². The van der Waals surface area contributed by atoms with Gasteiger partial charge in [-0.15, -0.1) is 0 Å². The van der Waals surface area contributed by atoms with Crippen LogP contribution in [0.15, 0.2) is 18.2 Å². The van der Waals surface area contributed by atoms with Crippen LogP contribution in [-0.2, 0) is 9.53 Å². The number of ether oxygens (including phenoxy) is 1. The third-order valence-corrected chi connectivity index (χ3v) is 2.72. The zero-order valence-corrected chi connectivity index (χ0v) is 11.5. The number of carboxylic acid groups (broad SMARTS) is 1. The molecule has 0 aliphatic carbocycles. The minimum Gasteiger partial charge on any atom is -0.481 e. The van der Waals surface area contributed by atoms with E-state index in [2.05, 4.69) is 5.32 Å². The van der Waals surface area contributed by atoms with Crippen molar-refractivity contribution in [3.63, 3.8) is 0 Å². The van der Waals surface area contributed by atoms with E-state index in [1.807, 2.05) is 0 Å². The number of carbonyl (C=O) groups is 2. The molecule has 2 N–H and O–H groups in total. The van der Waals surface area contributed by atoms with Gasteiger partial charge < -0.3 is 15.2 Å². The molecule has 1 aromatic rings. The molecule has 0 fully saturated rings. The van der Waals surface area contributed by atoms with E-state index in [1.165, 1.54) is 12.1 Å². The van der Waals surface area contributed by atoms with Gasteiger partial charge in [-0.25, -0.2) is 0 Å². The highest BCUT2D eigenvalue weighted by Gasteiger charge is 2.09. The second-order valence-corrected chi connectivity index (χ2v) is 4.48. The van der Waals surface area contributed by atoms with E-state index in [4.69, 9.17) is 33.0 Å². The monoisotopic (exact) mass is 305 g/mol. The van der Waals surface area contributed by atoms with Gasteiger partial charge in [0.05, 0.1) is 30.2 Å². The average molecular weight is 306 g/mol. The van der Waals surface area contributed by atoms with Crippen molar-refractivity contribution in [1.82, 2.24) is 5.32 Å². The molecule has 0 aliphatic rings. The number of carbonyl (C=O) groups excluding carboxylic acids is 1. The lowest BCUT2D eigenvalue weighted by Gasteiger charge is -2.07. The minimum absolute atomic E-state index is 0.0586. The third kappa shape index (κ3) is 5.92. The number of hydrogen-bond acceptors (Lipinski definition) is 3. The molecule has 0 spiro atoms. The fourth-order valence-corrected chi connectivity index (χ4v) is 1.76. The van der Waals surface area contributed by atoms with Gasteiger partial charge in [0.15, 0.2) is 0 Å². The Hall–Kier alpha value is -1.30. The first-order valence-corrected chi connectivity index (χ1v) is 6.29. The van der Waals surface area contributed by atoms with Gasteiger partial charge in [0, 0.05) is 11.6 Å². The lowest BCUT2D eigenvalue weighted by atomic mass is 10.2. The molecular formula is C12H13Cl2NO4. The van der Waals surface area contributed by atoms with Gasteiger partial charge in [0.25, 0.3) is 5.91 Å². The van der Waals surface area contributed by atoms with Gasteiger partial charge in [-0.1, -0.05) is 23.2 Å². The smallest absolute Gasteiger partial charge is 0.305 e. The number of amides is 1. The van der Waals surface area contributed by atoms with Gasteiger partial charge in [-0.2, -0.15) is 0 Å². The highest BCUT2D eigenvalue weighted by molar-refractivity contribution is 6.36. The number of carboxylic acids is 1. The van der Waals surface area contributed by atoms with Gasteiger partial charge in [-0.3, -0.25) is 9.59 Å². The first-order valence-electron chi connectivity index (χ1n) is 5.53. The molecule has 5 nitrogen and oxygen atoms in total. The first kappa shape index (κ1) is 15.8. The maximum atomic E-state index is 11.7. The Bertz CT molecular complexity index is 465. The molecule has 1 aromatic carbocycles. The normalized spacial score (nSPS) is 10.2. The number of rotatable bonds is 7. The van der Waals surface area contributed by atoms with Crippen LogP contribution in [0.2, 0.25) is 10.0 Å². The molecule has 104 valence electrons. The maximum absolute atomic E-state index is 11.7. The Morgan fingerprint density at radius 3 is 2.63 bits per heavy atom. The van der Waals surface area contributed by atoms with E-state index in [0.29, 0.717) is 10.6 Å². The van der Waals surface area contributed by atoms with E-state index >= 15 is 0 Å². The van der Waals surface area contributed by atoms with Crippen LogP contribution in [0.4, 0.5) is 0 Å². The predicted octanol–water partition coefficient (Wildman–Crippen LogP) is 2.21. The zero-order valence-electron chi connectivity index (χ0n) is 9.99. The van der Waals surface area contributed by atoms with Crippen LogP contribution in [0.1, 0.15) is 16.8 Å².